The van der Waals surface area contributed by atoms with Gasteiger partial charge in [-0.1, -0.05) is 0 Å². The molecule has 0 amide bonds. The lowest BCUT2D eigenvalue weighted by molar-refractivity contribution is 0.575. The molecule has 0 bridgehead atoms. The van der Waals surface area contributed by atoms with E-state index in [0.717, 1.165) is 23.8 Å². The monoisotopic (exact) mass is 252 g/mol. The molecule has 5 heteroatoms. The molecule has 2 aromatic heterocycles. The summed E-state index contributed by atoms with van der Waals surface area (Å²) in [4.78, 5) is 4.63. The average Bonchev–Trinajstić information content (AvgIpc) is 3.01. The van der Waals surface area contributed by atoms with Gasteiger partial charge in [0.05, 0.1) is 12.3 Å². The SMILES string of the molecule is c1coc(-c2csc(C3CSCCN3)n2)c1. The van der Waals surface area contributed by atoms with Crippen molar-refractivity contribution in [1.29, 1.82) is 0 Å². The summed E-state index contributed by atoms with van der Waals surface area (Å²) >= 11 is 3.69. The first-order chi connectivity index (χ1) is 7.93. The highest BCUT2D eigenvalue weighted by Crippen LogP contribution is 2.28. The Morgan fingerprint density at radius 2 is 2.50 bits per heavy atom. The van der Waals surface area contributed by atoms with Crippen LogP contribution < -0.4 is 5.32 Å². The van der Waals surface area contributed by atoms with Crippen molar-refractivity contribution in [3.63, 3.8) is 0 Å². The van der Waals surface area contributed by atoms with E-state index >= 15 is 0 Å². The van der Waals surface area contributed by atoms with E-state index in [4.69, 9.17) is 4.42 Å². The molecular formula is C11H12N2OS2. The number of rotatable bonds is 2. The Balaban J connectivity index is 1.82. The van der Waals surface area contributed by atoms with Crippen LogP contribution in [-0.4, -0.2) is 23.0 Å². The number of thioether (sulfide) groups is 1. The summed E-state index contributed by atoms with van der Waals surface area (Å²) < 4.78 is 5.34. The van der Waals surface area contributed by atoms with Gasteiger partial charge in [-0.25, -0.2) is 4.98 Å². The predicted molar refractivity (Wildman–Crippen MR) is 67.9 cm³/mol. The van der Waals surface area contributed by atoms with Crippen molar-refractivity contribution in [1.82, 2.24) is 10.3 Å². The minimum Gasteiger partial charge on any atom is -0.463 e. The van der Waals surface area contributed by atoms with Crippen molar-refractivity contribution < 1.29 is 4.42 Å². The van der Waals surface area contributed by atoms with Gasteiger partial charge in [-0.15, -0.1) is 11.3 Å². The maximum atomic E-state index is 5.34. The zero-order valence-corrected chi connectivity index (χ0v) is 10.3. The van der Waals surface area contributed by atoms with Crippen LogP contribution in [0.5, 0.6) is 0 Å². The molecule has 2 aromatic rings. The summed E-state index contributed by atoms with van der Waals surface area (Å²) in [6.07, 6.45) is 1.68. The summed E-state index contributed by atoms with van der Waals surface area (Å²) in [5, 5.41) is 6.72. The van der Waals surface area contributed by atoms with Crippen LogP contribution in [0, 0.1) is 0 Å². The van der Waals surface area contributed by atoms with Gasteiger partial charge in [-0.05, 0) is 12.1 Å². The molecule has 1 saturated heterocycles. The zero-order chi connectivity index (χ0) is 10.8. The molecule has 0 aliphatic carbocycles. The molecule has 1 fully saturated rings. The van der Waals surface area contributed by atoms with E-state index in [1.165, 1.54) is 10.8 Å². The number of nitrogens with one attached hydrogen (secondary N) is 1. The Morgan fingerprint density at radius 3 is 3.25 bits per heavy atom. The molecule has 1 aliphatic rings. The highest BCUT2D eigenvalue weighted by atomic mass is 32.2. The first-order valence-electron chi connectivity index (χ1n) is 5.24. The van der Waals surface area contributed by atoms with E-state index in [2.05, 4.69) is 15.7 Å². The number of furan rings is 1. The second-order valence-corrected chi connectivity index (χ2v) is 5.67. The first-order valence-corrected chi connectivity index (χ1v) is 7.27. The van der Waals surface area contributed by atoms with Crippen molar-refractivity contribution in [3.05, 3.63) is 28.8 Å². The fraction of sp³-hybridized carbons (Fsp3) is 0.364. The third-order valence-corrected chi connectivity index (χ3v) is 4.54. The van der Waals surface area contributed by atoms with E-state index in [-0.39, 0.29) is 0 Å². The van der Waals surface area contributed by atoms with Gasteiger partial charge in [0.15, 0.2) is 5.76 Å². The Labute approximate surface area is 102 Å². The molecule has 1 N–H and O–H groups in total. The van der Waals surface area contributed by atoms with Gasteiger partial charge >= 0.3 is 0 Å². The quantitative estimate of drug-likeness (QED) is 0.892. The van der Waals surface area contributed by atoms with Gasteiger partial charge in [0.1, 0.15) is 10.7 Å². The average molecular weight is 252 g/mol. The lowest BCUT2D eigenvalue weighted by Crippen LogP contribution is -2.30. The molecular weight excluding hydrogens is 240 g/mol. The van der Waals surface area contributed by atoms with Crippen LogP contribution in [0.2, 0.25) is 0 Å². The maximum absolute atomic E-state index is 5.34. The van der Waals surface area contributed by atoms with Gasteiger partial charge in [0.25, 0.3) is 0 Å². The van der Waals surface area contributed by atoms with Crippen molar-refractivity contribution in [3.8, 4) is 11.5 Å². The first kappa shape index (κ1) is 10.4. The van der Waals surface area contributed by atoms with Gasteiger partial charge in [-0.3, -0.25) is 0 Å². The largest absolute Gasteiger partial charge is 0.463 e. The standard InChI is InChI=1S/C11H12N2OS2/c1-2-10(14-4-1)8-7-16-11(13-8)9-6-15-5-3-12-9/h1-2,4,7,9,12H,3,5-6H2. The van der Waals surface area contributed by atoms with Gasteiger partial charge in [0.2, 0.25) is 0 Å². The summed E-state index contributed by atoms with van der Waals surface area (Å²) in [5.74, 6) is 3.17. The Morgan fingerprint density at radius 1 is 1.50 bits per heavy atom. The summed E-state index contributed by atoms with van der Waals surface area (Å²) in [7, 11) is 0. The molecule has 0 saturated carbocycles. The third kappa shape index (κ3) is 2.03. The van der Waals surface area contributed by atoms with E-state index in [0.29, 0.717) is 6.04 Å². The number of hydrogen-bond acceptors (Lipinski definition) is 5. The summed E-state index contributed by atoms with van der Waals surface area (Å²) in [6, 6.07) is 4.25. The van der Waals surface area contributed by atoms with Gasteiger partial charge < -0.3 is 9.73 Å². The molecule has 0 radical (unpaired) electrons. The van der Waals surface area contributed by atoms with E-state index < -0.39 is 0 Å². The molecule has 1 atom stereocenters. The molecule has 1 unspecified atom stereocenters. The Kier molecular flexibility index (Phi) is 2.99. The van der Waals surface area contributed by atoms with Crippen LogP contribution in [0.25, 0.3) is 11.5 Å². The summed E-state index contributed by atoms with van der Waals surface area (Å²) in [6.45, 7) is 1.07. The highest BCUT2D eigenvalue weighted by Gasteiger charge is 2.19. The molecule has 84 valence electrons. The molecule has 3 nitrogen and oxygen atoms in total. The predicted octanol–water partition coefficient (Wildman–Crippen LogP) is 2.78. The van der Waals surface area contributed by atoms with Crippen LogP contribution in [0.3, 0.4) is 0 Å². The fourth-order valence-corrected chi connectivity index (χ4v) is 3.64. The number of thiazole rings is 1. The lowest BCUT2D eigenvalue weighted by atomic mass is 10.3. The second kappa shape index (κ2) is 4.61. The lowest BCUT2D eigenvalue weighted by Gasteiger charge is -2.20. The topological polar surface area (TPSA) is 38.1 Å². The third-order valence-electron chi connectivity index (χ3n) is 2.52. The Hall–Kier alpha value is -0.780. The van der Waals surface area contributed by atoms with Crippen molar-refractivity contribution in [2.75, 3.05) is 18.1 Å². The van der Waals surface area contributed by atoms with Crippen molar-refractivity contribution in [2.24, 2.45) is 0 Å². The van der Waals surface area contributed by atoms with Crippen LogP contribution in [-0.2, 0) is 0 Å². The van der Waals surface area contributed by atoms with Crippen LogP contribution in [0.1, 0.15) is 11.0 Å². The minimum absolute atomic E-state index is 0.410. The molecule has 3 heterocycles. The molecule has 3 rings (SSSR count). The summed E-state index contributed by atoms with van der Waals surface area (Å²) in [5.41, 5.74) is 0.947. The van der Waals surface area contributed by atoms with E-state index in [9.17, 15) is 0 Å². The second-order valence-electron chi connectivity index (χ2n) is 3.63. The number of hydrogen-bond donors (Lipinski definition) is 1. The zero-order valence-electron chi connectivity index (χ0n) is 8.68. The van der Waals surface area contributed by atoms with Crippen LogP contribution in [0.15, 0.2) is 28.2 Å². The molecule has 0 spiro atoms. The van der Waals surface area contributed by atoms with Crippen molar-refractivity contribution >= 4 is 23.1 Å². The normalized spacial score (nSPS) is 21.1. The van der Waals surface area contributed by atoms with Gasteiger partial charge in [-0.2, -0.15) is 11.8 Å². The maximum Gasteiger partial charge on any atom is 0.153 e. The Bertz CT molecular complexity index is 446. The molecule has 1 aliphatic heterocycles. The number of nitrogens with zero attached hydrogens (tertiary/aromatic N) is 1. The number of aromatic nitrogens is 1. The van der Waals surface area contributed by atoms with Crippen molar-refractivity contribution in [2.45, 2.75) is 6.04 Å². The van der Waals surface area contributed by atoms with E-state index in [1.807, 2.05) is 23.9 Å². The smallest absolute Gasteiger partial charge is 0.153 e. The highest BCUT2D eigenvalue weighted by molar-refractivity contribution is 7.99. The van der Waals surface area contributed by atoms with Gasteiger partial charge in [0, 0.05) is 23.4 Å². The van der Waals surface area contributed by atoms with Crippen LogP contribution in [0.4, 0.5) is 0 Å². The molecule has 0 aromatic carbocycles. The van der Waals surface area contributed by atoms with E-state index in [1.54, 1.807) is 17.6 Å². The minimum atomic E-state index is 0.410. The molecule has 16 heavy (non-hydrogen) atoms. The van der Waals surface area contributed by atoms with Crippen LogP contribution >= 0.6 is 23.1 Å². The fourth-order valence-electron chi connectivity index (χ4n) is 1.71.